The summed E-state index contributed by atoms with van der Waals surface area (Å²) in [4.78, 5) is 11.8. The Bertz CT molecular complexity index is 588. The topological polar surface area (TPSA) is 78.9 Å². The van der Waals surface area contributed by atoms with Crippen molar-refractivity contribution >= 4 is 11.6 Å². The molecule has 1 amide bonds. The van der Waals surface area contributed by atoms with Crippen LogP contribution in [0.5, 0.6) is 0 Å². The Morgan fingerprint density at radius 2 is 2.14 bits per heavy atom. The van der Waals surface area contributed by atoms with Gasteiger partial charge in [0.25, 0.3) is 0 Å². The fourth-order valence-electron chi connectivity index (χ4n) is 2.06. The molecule has 1 aliphatic rings. The summed E-state index contributed by atoms with van der Waals surface area (Å²) in [6, 6.07) is 4.35. The number of hydrogen-bond acceptors (Lipinski definition) is 3. The summed E-state index contributed by atoms with van der Waals surface area (Å²) in [6.07, 6.45) is -2.74. The van der Waals surface area contributed by atoms with Gasteiger partial charge in [-0.15, -0.1) is 0 Å². The van der Waals surface area contributed by atoms with Crippen LogP contribution in [0, 0.1) is 17.2 Å². The van der Waals surface area contributed by atoms with Crippen LogP contribution in [0.4, 0.5) is 18.9 Å². The Balaban J connectivity index is 2.15. The van der Waals surface area contributed by atoms with Crippen molar-refractivity contribution in [2.24, 2.45) is 11.7 Å². The van der Waals surface area contributed by atoms with Crippen molar-refractivity contribution in [1.82, 2.24) is 0 Å². The van der Waals surface area contributed by atoms with E-state index in [-0.39, 0.29) is 23.7 Å². The number of anilines is 1. The van der Waals surface area contributed by atoms with Gasteiger partial charge >= 0.3 is 6.18 Å². The molecule has 1 fully saturated rings. The fraction of sp³-hybridized carbons (Fsp3) is 0.429. The van der Waals surface area contributed by atoms with E-state index in [9.17, 15) is 18.0 Å². The summed E-state index contributed by atoms with van der Waals surface area (Å²) in [7, 11) is 0. The lowest BCUT2D eigenvalue weighted by atomic mass is 10.1. The molecule has 4 nitrogen and oxygen atoms in total. The van der Waals surface area contributed by atoms with Gasteiger partial charge in [-0.2, -0.15) is 18.4 Å². The van der Waals surface area contributed by atoms with Crippen LogP contribution >= 0.6 is 0 Å². The fourth-order valence-corrected chi connectivity index (χ4v) is 2.06. The summed E-state index contributed by atoms with van der Waals surface area (Å²) in [5, 5.41) is 10.9. The number of carbonyl (C=O) groups is 1. The van der Waals surface area contributed by atoms with Crippen LogP contribution in [-0.4, -0.2) is 11.9 Å². The monoisotopic (exact) mass is 297 g/mol. The first-order valence-corrected chi connectivity index (χ1v) is 6.48. The number of benzene rings is 1. The van der Waals surface area contributed by atoms with Crippen molar-refractivity contribution in [2.45, 2.75) is 31.5 Å². The Hall–Kier alpha value is -2.07. The van der Waals surface area contributed by atoms with Gasteiger partial charge in [0.05, 0.1) is 22.9 Å². The highest BCUT2D eigenvalue weighted by Gasteiger charge is 2.35. The van der Waals surface area contributed by atoms with Gasteiger partial charge < -0.3 is 11.1 Å². The van der Waals surface area contributed by atoms with Crippen molar-refractivity contribution in [2.75, 3.05) is 5.32 Å². The average molecular weight is 297 g/mol. The molecule has 7 heteroatoms. The molecule has 1 saturated carbocycles. The molecule has 2 rings (SSSR count). The zero-order valence-electron chi connectivity index (χ0n) is 11.1. The first-order chi connectivity index (χ1) is 9.81. The van der Waals surface area contributed by atoms with Crippen LogP contribution in [0.1, 0.15) is 30.4 Å². The van der Waals surface area contributed by atoms with Crippen molar-refractivity contribution in [3.05, 3.63) is 29.3 Å². The normalized spacial score (nSPS) is 16.1. The predicted molar refractivity (Wildman–Crippen MR) is 70.1 cm³/mol. The first kappa shape index (κ1) is 15.3. The van der Waals surface area contributed by atoms with E-state index in [1.54, 1.807) is 6.07 Å². The Morgan fingerprint density at radius 1 is 1.48 bits per heavy atom. The highest BCUT2D eigenvalue weighted by Crippen LogP contribution is 2.36. The number of halogens is 3. The van der Waals surface area contributed by atoms with E-state index in [4.69, 9.17) is 11.0 Å². The number of nitrogens with one attached hydrogen (secondary N) is 1. The van der Waals surface area contributed by atoms with Gasteiger partial charge in [0.1, 0.15) is 0 Å². The maximum atomic E-state index is 12.9. The van der Waals surface area contributed by atoms with Crippen molar-refractivity contribution < 1.29 is 18.0 Å². The summed E-state index contributed by atoms with van der Waals surface area (Å²) >= 11 is 0. The summed E-state index contributed by atoms with van der Waals surface area (Å²) in [5.74, 6) is -0.261. The molecule has 3 N–H and O–H groups in total. The van der Waals surface area contributed by atoms with Crippen LogP contribution in [0.25, 0.3) is 0 Å². The largest absolute Gasteiger partial charge is 0.418 e. The molecule has 21 heavy (non-hydrogen) atoms. The number of nitrogens with zero attached hydrogens (tertiary/aromatic N) is 1. The first-order valence-electron chi connectivity index (χ1n) is 6.48. The molecule has 1 aromatic carbocycles. The standard InChI is InChI=1S/C14H14F3N3O/c15-14(16,17)10-5-8(7-18)1-4-12(10)20-13(21)6-11(19)9-2-3-9/h1,4-5,9,11H,2-3,6,19H2,(H,20,21). The summed E-state index contributed by atoms with van der Waals surface area (Å²) < 4.78 is 38.8. The molecule has 1 aromatic rings. The van der Waals surface area contributed by atoms with Gasteiger partial charge in [0.15, 0.2) is 0 Å². The molecular formula is C14H14F3N3O. The van der Waals surface area contributed by atoms with E-state index in [1.165, 1.54) is 6.07 Å². The van der Waals surface area contributed by atoms with Gasteiger partial charge in [-0.25, -0.2) is 0 Å². The highest BCUT2D eigenvalue weighted by molar-refractivity contribution is 5.92. The van der Waals surface area contributed by atoms with Gasteiger partial charge in [-0.3, -0.25) is 4.79 Å². The third-order valence-corrected chi connectivity index (χ3v) is 3.38. The number of hydrogen-bond donors (Lipinski definition) is 2. The lowest BCUT2D eigenvalue weighted by molar-refractivity contribution is -0.137. The number of rotatable bonds is 4. The molecule has 1 aliphatic carbocycles. The zero-order valence-corrected chi connectivity index (χ0v) is 11.1. The molecule has 112 valence electrons. The molecule has 0 heterocycles. The van der Waals surface area contributed by atoms with Gasteiger partial charge in [-0.1, -0.05) is 0 Å². The van der Waals surface area contributed by atoms with Crippen LogP contribution in [0.2, 0.25) is 0 Å². The van der Waals surface area contributed by atoms with Crippen molar-refractivity contribution in [3.63, 3.8) is 0 Å². The second-order valence-electron chi connectivity index (χ2n) is 5.12. The smallest absolute Gasteiger partial charge is 0.327 e. The lowest BCUT2D eigenvalue weighted by Gasteiger charge is -2.15. The van der Waals surface area contributed by atoms with Crippen LogP contribution in [-0.2, 0) is 11.0 Å². The van der Waals surface area contributed by atoms with E-state index < -0.39 is 17.6 Å². The third kappa shape index (κ3) is 3.95. The van der Waals surface area contributed by atoms with Crippen LogP contribution in [0.15, 0.2) is 18.2 Å². The Labute approximate surface area is 119 Å². The molecule has 0 spiro atoms. The second kappa shape index (κ2) is 5.74. The lowest BCUT2D eigenvalue weighted by Crippen LogP contribution is -2.29. The minimum Gasteiger partial charge on any atom is -0.327 e. The minimum atomic E-state index is -4.64. The Kier molecular flexibility index (Phi) is 4.19. The molecule has 1 unspecified atom stereocenters. The van der Waals surface area contributed by atoms with Crippen LogP contribution < -0.4 is 11.1 Å². The number of amides is 1. The molecule has 0 bridgehead atoms. The molecular weight excluding hydrogens is 283 g/mol. The van der Waals surface area contributed by atoms with E-state index in [1.807, 2.05) is 0 Å². The highest BCUT2D eigenvalue weighted by atomic mass is 19.4. The molecule has 0 aromatic heterocycles. The predicted octanol–water partition coefficient (Wildman–Crippen LogP) is 2.64. The minimum absolute atomic E-state index is 0.0119. The van der Waals surface area contributed by atoms with Crippen LogP contribution in [0.3, 0.4) is 0 Å². The Morgan fingerprint density at radius 3 is 2.67 bits per heavy atom. The quantitative estimate of drug-likeness (QED) is 0.896. The number of nitrogens with two attached hydrogens (primary N) is 1. The maximum absolute atomic E-state index is 12.9. The second-order valence-corrected chi connectivity index (χ2v) is 5.12. The van der Waals surface area contributed by atoms with E-state index in [0.29, 0.717) is 5.92 Å². The number of alkyl halides is 3. The van der Waals surface area contributed by atoms with Gasteiger partial charge in [-0.05, 0) is 37.0 Å². The third-order valence-electron chi connectivity index (χ3n) is 3.38. The molecule has 0 aliphatic heterocycles. The molecule has 0 saturated heterocycles. The van der Waals surface area contributed by atoms with E-state index in [0.717, 1.165) is 25.0 Å². The number of carbonyl (C=O) groups excluding carboxylic acids is 1. The summed E-state index contributed by atoms with van der Waals surface area (Å²) in [5.41, 5.74) is 4.28. The van der Waals surface area contributed by atoms with Crippen molar-refractivity contribution in [3.8, 4) is 6.07 Å². The van der Waals surface area contributed by atoms with Gasteiger partial charge in [0, 0.05) is 12.5 Å². The molecule has 1 atom stereocenters. The molecule has 0 radical (unpaired) electrons. The summed E-state index contributed by atoms with van der Waals surface area (Å²) in [6.45, 7) is 0. The maximum Gasteiger partial charge on any atom is 0.418 e. The number of nitriles is 1. The average Bonchev–Trinajstić information content (AvgIpc) is 3.22. The van der Waals surface area contributed by atoms with E-state index >= 15 is 0 Å². The van der Waals surface area contributed by atoms with E-state index in [2.05, 4.69) is 5.32 Å². The zero-order chi connectivity index (χ0) is 15.6. The van der Waals surface area contributed by atoms with Gasteiger partial charge in [0.2, 0.25) is 5.91 Å². The van der Waals surface area contributed by atoms with Crippen molar-refractivity contribution in [1.29, 1.82) is 5.26 Å². The SMILES string of the molecule is N#Cc1ccc(NC(=O)CC(N)C2CC2)c(C(F)(F)F)c1.